The van der Waals surface area contributed by atoms with Crippen molar-refractivity contribution in [1.29, 1.82) is 0 Å². The molecule has 1 aromatic heterocycles. The number of imidazole rings is 1. The highest BCUT2D eigenvalue weighted by Crippen LogP contribution is 2.19. The van der Waals surface area contributed by atoms with Crippen molar-refractivity contribution >= 4 is 0 Å². The Labute approximate surface area is 86.3 Å². The van der Waals surface area contributed by atoms with Crippen LogP contribution in [0, 0.1) is 6.92 Å². The van der Waals surface area contributed by atoms with Crippen molar-refractivity contribution in [3.05, 3.63) is 18.2 Å². The molecular formula is C11H21N3. The van der Waals surface area contributed by atoms with Gasteiger partial charge in [0.2, 0.25) is 0 Å². The van der Waals surface area contributed by atoms with E-state index in [1.54, 1.807) is 0 Å². The number of nitrogens with zero attached hydrogens (tertiary/aromatic N) is 2. The fraction of sp³-hybridized carbons (Fsp3) is 0.727. The molecule has 0 amide bonds. The Bertz CT molecular complexity index is 267. The first kappa shape index (κ1) is 11.2. The Morgan fingerprint density at radius 3 is 2.64 bits per heavy atom. The molecule has 80 valence electrons. The van der Waals surface area contributed by atoms with Gasteiger partial charge in [-0.2, -0.15) is 0 Å². The van der Waals surface area contributed by atoms with Crippen LogP contribution in [0.25, 0.3) is 0 Å². The molecule has 0 radical (unpaired) electrons. The number of hydrogen-bond donors (Lipinski definition) is 1. The van der Waals surface area contributed by atoms with E-state index in [0.29, 0.717) is 6.04 Å². The maximum Gasteiger partial charge on any atom is 0.105 e. The first-order valence-electron chi connectivity index (χ1n) is 5.45. The minimum Gasteiger partial charge on any atom is -0.331 e. The molecule has 1 aromatic rings. The predicted octanol–water partition coefficient (Wildman–Crippen LogP) is 2.27. The molecule has 2 unspecified atom stereocenters. The molecule has 0 aliphatic heterocycles. The SMILES string of the molecule is CCCC(N)C(CC)n1ccnc1C. The van der Waals surface area contributed by atoms with Crippen molar-refractivity contribution in [2.75, 3.05) is 0 Å². The Morgan fingerprint density at radius 1 is 1.50 bits per heavy atom. The molecule has 1 rings (SSSR count). The van der Waals surface area contributed by atoms with Crippen molar-refractivity contribution in [3.8, 4) is 0 Å². The van der Waals surface area contributed by atoms with Crippen LogP contribution in [0.1, 0.15) is 45.0 Å². The number of nitrogens with two attached hydrogens (primary N) is 1. The average molecular weight is 195 g/mol. The van der Waals surface area contributed by atoms with Crippen LogP contribution in [0.5, 0.6) is 0 Å². The van der Waals surface area contributed by atoms with Crippen LogP contribution in [-0.2, 0) is 0 Å². The lowest BCUT2D eigenvalue weighted by molar-refractivity contribution is 0.372. The van der Waals surface area contributed by atoms with E-state index >= 15 is 0 Å². The maximum atomic E-state index is 6.15. The van der Waals surface area contributed by atoms with Crippen LogP contribution in [0.15, 0.2) is 12.4 Å². The number of aryl methyl sites for hydroxylation is 1. The second-order valence-corrected chi connectivity index (χ2v) is 3.81. The first-order chi connectivity index (χ1) is 6.70. The van der Waals surface area contributed by atoms with Crippen LogP contribution in [-0.4, -0.2) is 15.6 Å². The maximum absolute atomic E-state index is 6.15. The quantitative estimate of drug-likeness (QED) is 0.783. The molecule has 3 heteroatoms. The van der Waals surface area contributed by atoms with Crippen molar-refractivity contribution in [2.24, 2.45) is 5.73 Å². The average Bonchev–Trinajstić information content (AvgIpc) is 2.54. The van der Waals surface area contributed by atoms with Crippen LogP contribution < -0.4 is 5.73 Å². The van der Waals surface area contributed by atoms with Crippen molar-refractivity contribution in [3.63, 3.8) is 0 Å². The summed E-state index contributed by atoms with van der Waals surface area (Å²) in [5.41, 5.74) is 6.15. The van der Waals surface area contributed by atoms with Crippen LogP contribution >= 0.6 is 0 Å². The Morgan fingerprint density at radius 2 is 2.21 bits per heavy atom. The van der Waals surface area contributed by atoms with E-state index < -0.39 is 0 Å². The zero-order valence-electron chi connectivity index (χ0n) is 9.40. The van der Waals surface area contributed by atoms with Crippen LogP contribution in [0.4, 0.5) is 0 Å². The highest BCUT2D eigenvalue weighted by molar-refractivity contribution is 4.94. The summed E-state index contributed by atoms with van der Waals surface area (Å²) in [5.74, 6) is 1.06. The van der Waals surface area contributed by atoms with Gasteiger partial charge in [0.25, 0.3) is 0 Å². The summed E-state index contributed by atoms with van der Waals surface area (Å²) in [6, 6.07) is 0.648. The largest absolute Gasteiger partial charge is 0.331 e. The molecule has 0 saturated carbocycles. The van der Waals surface area contributed by atoms with E-state index in [1.807, 2.05) is 19.3 Å². The molecule has 3 nitrogen and oxygen atoms in total. The summed E-state index contributed by atoms with van der Waals surface area (Å²) in [6.45, 7) is 6.38. The molecule has 2 N–H and O–H groups in total. The van der Waals surface area contributed by atoms with Gasteiger partial charge in [0.1, 0.15) is 5.82 Å². The fourth-order valence-corrected chi connectivity index (χ4v) is 1.97. The summed E-state index contributed by atoms with van der Waals surface area (Å²) in [6.07, 6.45) is 7.16. The van der Waals surface area contributed by atoms with E-state index in [-0.39, 0.29) is 6.04 Å². The van der Waals surface area contributed by atoms with Gasteiger partial charge in [-0.1, -0.05) is 20.3 Å². The third kappa shape index (κ3) is 2.35. The smallest absolute Gasteiger partial charge is 0.105 e. The van der Waals surface area contributed by atoms with E-state index in [4.69, 9.17) is 5.73 Å². The van der Waals surface area contributed by atoms with E-state index in [9.17, 15) is 0 Å². The Hall–Kier alpha value is -0.830. The highest BCUT2D eigenvalue weighted by atomic mass is 15.1. The molecule has 0 aliphatic carbocycles. The monoisotopic (exact) mass is 195 g/mol. The molecule has 0 saturated heterocycles. The summed E-state index contributed by atoms with van der Waals surface area (Å²) in [5, 5.41) is 0. The van der Waals surface area contributed by atoms with Gasteiger partial charge in [-0.15, -0.1) is 0 Å². The zero-order valence-corrected chi connectivity index (χ0v) is 9.40. The van der Waals surface area contributed by atoms with Gasteiger partial charge in [0.15, 0.2) is 0 Å². The van der Waals surface area contributed by atoms with Gasteiger partial charge >= 0.3 is 0 Å². The van der Waals surface area contributed by atoms with Gasteiger partial charge in [0.05, 0.1) is 0 Å². The van der Waals surface area contributed by atoms with Gasteiger partial charge in [-0.25, -0.2) is 4.98 Å². The lowest BCUT2D eigenvalue weighted by Crippen LogP contribution is -2.32. The lowest BCUT2D eigenvalue weighted by Gasteiger charge is -2.24. The topological polar surface area (TPSA) is 43.8 Å². The lowest BCUT2D eigenvalue weighted by atomic mass is 10.0. The normalized spacial score (nSPS) is 15.4. The summed E-state index contributed by atoms with van der Waals surface area (Å²) in [7, 11) is 0. The van der Waals surface area contributed by atoms with Crippen molar-refractivity contribution in [2.45, 2.75) is 52.1 Å². The van der Waals surface area contributed by atoms with E-state index in [2.05, 4.69) is 23.4 Å². The molecule has 1 heterocycles. The van der Waals surface area contributed by atoms with E-state index in [0.717, 1.165) is 25.1 Å². The van der Waals surface area contributed by atoms with Crippen LogP contribution in [0.3, 0.4) is 0 Å². The minimum absolute atomic E-state index is 0.248. The zero-order chi connectivity index (χ0) is 10.6. The van der Waals surface area contributed by atoms with Gasteiger partial charge in [-0.3, -0.25) is 0 Å². The summed E-state index contributed by atoms with van der Waals surface area (Å²) >= 11 is 0. The predicted molar refractivity (Wildman–Crippen MR) is 59.2 cm³/mol. The Kier molecular flexibility index (Phi) is 4.14. The Balaban J connectivity index is 2.76. The third-order valence-electron chi connectivity index (χ3n) is 2.75. The van der Waals surface area contributed by atoms with E-state index in [1.165, 1.54) is 0 Å². The van der Waals surface area contributed by atoms with Crippen LogP contribution in [0.2, 0.25) is 0 Å². The van der Waals surface area contributed by atoms with Crippen molar-refractivity contribution in [1.82, 2.24) is 9.55 Å². The van der Waals surface area contributed by atoms with Gasteiger partial charge in [-0.05, 0) is 19.8 Å². The number of aromatic nitrogens is 2. The second kappa shape index (κ2) is 5.15. The standard InChI is InChI=1S/C11H21N3/c1-4-6-10(12)11(5-2)14-8-7-13-9(14)3/h7-8,10-11H,4-6,12H2,1-3H3. The summed E-state index contributed by atoms with van der Waals surface area (Å²) < 4.78 is 2.19. The molecule has 0 aromatic carbocycles. The third-order valence-corrected chi connectivity index (χ3v) is 2.75. The minimum atomic E-state index is 0.248. The van der Waals surface area contributed by atoms with Gasteiger partial charge < -0.3 is 10.3 Å². The molecule has 0 spiro atoms. The fourth-order valence-electron chi connectivity index (χ4n) is 1.97. The molecule has 0 aliphatic rings. The molecule has 2 atom stereocenters. The molecular weight excluding hydrogens is 174 g/mol. The first-order valence-corrected chi connectivity index (χ1v) is 5.45. The number of rotatable bonds is 5. The second-order valence-electron chi connectivity index (χ2n) is 3.81. The molecule has 0 fully saturated rings. The number of hydrogen-bond acceptors (Lipinski definition) is 2. The highest BCUT2D eigenvalue weighted by Gasteiger charge is 2.17. The summed E-state index contributed by atoms with van der Waals surface area (Å²) in [4.78, 5) is 4.24. The molecule has 14 heavy (non-hydrogen) atoms. The molecule has 0 bridgehead atoms. The van der Waals surface area contributed by atoms with Gasteiger partial charge in [0, 0.05) is 24.5 Å². The van der Waals surface area contributed by atoms with Crippen molar-refractivity contribution < 1.29 is 0 Å².